The topological polar surface area (TPSA) is 64.1 Å². The molecule has 0 spiro atoms. The zero-order chi connectivity index (χ0) is 36.3. The molecule has 0 unspecified atom stereocenters. The van der Waals surface area contributed by atoms with Gasteiger partial charge < -0.3 is 19.1 Å². The number of benzene rings is 4. The van der Waals surface area contributed by atoms with Gasteiger partial charge in [-0.25, -0.2) is 9.37 Å². The smallest absolute Gasteiger partial charge is 0.246 e. The van der Waals surface area contributed by atoms with Gasteiger partial charge in [-0.1, -0.05) is 60.2 Å². The summed E-state index contributed by atoms with van der Waals surface area (Å²) in [5.74, 6) is 2.37. The van der Waals surface area contributed by atoms with Gasteiger partial charge in [0, 0.05) is 44.9 Å². The first-order valence-corrected chi connectivity index (χ1v) is 17.5. The van der Waals surface area contributed by atoms with Crippen molar-refractivity contribution in [1.29, 1.82) is 0 Å². The number of ether oxygens (including phenoxy) is 3. The lowest BCUT2D eigenvalue weighted by Gasteiger charge is -2.34. The van der Waals surface area contributed by atoms with E-state index in [1.807, 2.05) is 67.3 Å². The molecule has 0 aliphatic carbocycles. The number of amides is 1. The van der Waals surface area contributed by atoms with Crippen molar-refractivity contribution in [3.8, 4) is 23.1 Å². The van der Waals surface area contributed by atoms with E-state index in [0.29, 0.717) is 37.9 Å². The average molecular weight is 698 g/mol. The fourth-order valence-corrected chi connectivity index (χ4v) is 5.96. The normalized spacial score (nSPS) is 13.5. The minimum Gasteiger partial charge on any atom is -0.490 e. The van der Waals surface area contributed by atoms with Crippen LogP contribution in [0.25, 0.3) is 12.2 Å². The zero-order valence-corrected chi connectivity index (χ0v) is 29.9. The van der Waals surface area contributed by atoms with Crippen LogP contribution in [-0.2, 0) is 17.9 Å². The lowest BCUT2D eigenvalue weighted by Crippen LogP contribution is -2.47. The molecule has 1 saturated heterocycles. The number of halogens is 1. The third-order valence-electron chi connectivity index (χ3n) is 8.88. The van der Waals surface area contributed by atoms with Crippen molar-refractivity contribution >= 4 is 18.1 Å². The highest BCUT2D eigenvalue weighted by Gasteiger charge is 2.20. The first-order chi connectivity index (χ1) is 25.3. The summed E-state index contributed by atoms with van der Waals surface area (Å²) < 4.78 is 30.8. The molecule has 0 radical (unpaired) electrons. The Balaban J connectivity index is 0.930. The van der Waals surface area contributed by atoms with E-state index in [0.717, 1.165) is 59.0 Å². The molecule has 0 N–H and O–H groups in total. The second kappa shape index (κ2) is 17.5. The van der Waals surface area contributed by atoms with Crippen molar-refractivity contribution in [3.05, 3.63) is 160 Å². The molecule has 5 aromatic rings. The first-order valence-electron chi connectivity index (χ1n) is 17.5. The maximum atomic E-state index is 13.1. The molecule has 266 valence electrons. The van der Waals surface area contributed by atoms with Crippen LogP contribution in [-0.4, -0.2) is 53.5 Å². The zero-order valence-electron chi connectivity index (χ0n) is 29.9. The number of pyridine rings is 1. The maximum Gasteiger partial charge on any atom is 0.246 e. The van der Waals surface area contributed by atoms with Crippen molar-refractivity contribution in [3.63, 3.8) is 0 Å². The van der Waals surface area contributed by atoms with Gasteiger partial charge in [-0.3, -0.25) is 9.69 Å². The number of carbonyl (C=O) groups excluding carboxylic acids is 1. The van der Waals surface area contributed by atoms with Crippen molar-refractivity contribution in [1.82, 2.24) is 14.8 Å². The standard InChI is InChI=1S/C44H44FN3O4/c1-32-6-17-40(18-7-32)50-26-4-5-35-8-10-36(11-9-35)30-47-22-24-48(25-23-47)43(49)21-14-38-27-33(2)44(34(3)28-38)52-42-20-19-41(29-46-42)51-31-37-12-15-39(45)16-13-37/h4-21,27-29H,22-26,30-31H2,1-3H3. The Bertz CT molecular complexity index is 1960. The lowest BCUT2D eigenvalue weighted by molar-refractivity contribution is -0.127. The molecule has 2 heterocycles. The third-order valence-corrected chi connectivity index (χ3v) is 8.88. The SMILES string of the molecule is Cc1ccc(OCC=Cc2ccc(CN3CCN(C(=O)C=Cc4cc(C)c(Oc5ccc(OCc6ccc(F)cc6)cn5)c(C)c4)CC3)cc2)cc1. The second-order valence-corrected chi connectivity index (χ2v) is 13.0. The molecule has 1 aromatic heterocycles. The van der Waals surface area contributed by atoms with Gasteiger partial charge in [0.1, 0.15) is 36.3 Å². The van der Waals surface area contributed by atoms with E-state index in [1.54, 1.807) is 36.5 Å². The van der Waals surface area contributed by atoms with E-state index in [1.165, 1.54) is 23.3 Å². The van der Waals surface area contributed by atoms with Crippen LogP contribution < -0.4 is 14.2 Å². The largest absolute Gasteiger partial charge is 0.490 e. The highest BCUT2D eigenvalue weighted by Crippen LogP contribution is 2.30. The van der Waals surface area contributed by atoms with Gasteiger partial charge in [-0.15, -0.1) is 0 Å². The summed E-state index contributed by atoms with van der Waals surface area (Å²) in [4.78, 5) is 21.8. The molecular weight excluding hydrogens is 653 g/mol. The van der Waals surface area contributed by atoms with Crippen LogP contribution >= 0.6 is 0 Å². The van der Waals surface area contributed by atoms with E-state index in [2.05, 4.69) is 47.1 Å². The molecule has 1 fully saturated rings. The van der Waals surface area contributed by atoms with Crippen LogP contribution in [0.5, 0.6) is 23.1 Å². The first kappa shape index (κ1) is 36.1. The van der Waals surface area contributed by atoms with Crippen molar-refractivity contribution in [2.75, 3.05) is 32.8 Å². The molecule has 1 aliphatic rings. The summed E-state index contributed by atoms with van der Waals surface area (Å²) >= 11 is 0. The minimum atomic E-state index is -0.278. The second-order valence-electron chi connectivity index (χ2n) is 13.0. The van der Waals surface area contributed by atoms with Crippen LogP contribution in [0.4, 0.5) is 4.39 Å². The highest BCUT2D eigenvalue weighted by atomic mass is 19.1. The molecule has 8 heteroatoms. The number of aromatic nitrogens is 1. The Morgan fingerprint density at radius 1 is 0.750 bits per heavy atom. The number of rotatable bonds is 13. The van der Waals surface area contributed by atoms with Crippen molar-refractivity contribution in [2.24, 2.45) is 0 Å². The van der Waals surface area contributed by atoms with Crippen LogP contribution in [0, 0.1) is 26.6 Å². The molecule has 0 saturated carbocycles. The fourth-order valence-electron chi connectivity index (χ4n) is 5.96. The van der Waals surface area contributed by atoms with Gasteiger partial charge in [0.2, 0.25) is 11.8 Å². The van der Waals surface area contributed by atoms with Gasteiger partial charge >= 0.3 is 0 Å². The number of hydrogen-bond donors (Lipinski definition) is 0. The summed E-state index contributed by atoms with van der Waals surface area (Å²) in [5.41, 5.74) is 7.29. The predicted octanol–water partition coefficient (Wildman–Crippen LogP) is 8.97. The Kier molecular flexibility index (Phi) is 12.1. The van der Waals surface area contributed by atoms with Crippen LogP contribution in [0.15, 0.2) is 115 Å². The average Bonchev–Trinajstić information content (AvgIpc) is 3.16. The molecule has 0 atom stereocenters. The maximum absolute atomic E-state index is 13.1. The fraction of sp³-hybridized carbons (Fsp3) is 0.227. The van der Waals surface area contributed by atoms with E-state index >= 15 is 0 Å². The Labute approximate surface area is 305 Å². The molecular formula is C44H44FN3O4. The molecule has 1 aliphatic heterocycles. The quantitative estimate of drug-likeness (QED) is 0.115. The van der Waals surface area contributed by atoms with Gasteiger partial charge in [-0.05, 0) is 109 Å². The summed E-state index contributed by atoms with van der Waals surface area (Å²) in [6.45, 7) is 10.8. The molecule has 6 rings (SSSR count). The summed E-state index contributed by atoms with van der Waals surface area (Å²) in [7, 11) is 0. The molecule has 0 bridgehead atoms. The predicted molar refractivity (Wildman–Crippen MR) is 204 cm³/mol. The molecule has 4 aromatic carbocycles. The van der Waals surface area contributed by atoms with Crippen LogP contribution in [0.1, 0.15) is 38.9 Å². The van der Waals surface area contributed by atoms with Gasteiger partial charge in [-0.2, -0.15) is 0 Å². The molecule has 52 heavy (non-hydrogen) atoms. The summed E-state index contributed by atoms with van der Waals surface area (Å²) in [6, 6.07) is 30.4. The number of aryl methyl sites for hydroxylation is 3. The van der Waals surface area contributed by atoms with E-state index in [9.17, 15) is 9.18 Å². The Morgan fingerprint density at radius 3 is 2.10 bits per heavy atom. The van der Waals surface area contributed by atoms with Crippen LogP contribution in [0.2, 0.25) is 0 Å². The molecule has 1 amide bonds. The van der Waals surface area contributed by atoms with Gasteiger partial charge in [0.15, 0.2) is 0 Å². The van der Waals surface area contributed by atoms with Crippen LogP contribution in [0.3, 0.4) is 0 Å². The van der Waals surface area contributed by atoms with Crippen molar-refractivity contribution in [2.45, 2.75) is 33.9 Å². The van der Waals surface area contributed by atoms with Gasteiger partial charge in [0.05, 0.1) is 6.20 Å². The van der Waals surface area contributed by atoms with E-state index in [-0.39, 0.29) is 11.7 Å². The summed E-state index contributed by atoms with van der Waals surface area (Å²) in [5, 5.41) is 0. The Hall–Kier alpha value is -5.73. The van der Waals surface area contributed by atoms with Crippen molar-refractivity contribution < 1.29 is 23.4 Å². The minimum absolute atomic E-state index is 0.0173. The third kappa shape index (κ3) is 10.4. The van der Waals surface area contributed by atoms with E-state index < -0.39 is 0 Å². The summed E-state index contributed by atoms with van der Waals surface area (Å²) in [6.07, 6.45) is 9.24. The number of piperazine rings is 1. The number of hydrogen-bond acceptors (Lipinski definition) is 6. The number of nitrogens with zero attached hydrogens (tertiary/aromatic N) is 3. The lowest BCUT2D eigenvalue weighted by atomic mass is 10.1. The Morgan fingerprint density at radius 2 is 1.42 bits per heavy atom. The monoisotopic (exact) mass is 697 g/mol. The van der Waals surface area contributed by atoms with E-state index in [4.69, 9.17) is 14.2 Å². The molecule has 7 nitrogen and oxygen atoms in total. The van der Waals surface area contributed by atoms with Gasteiger partial charge in [0.25, 0.3) is 0 Å². The highest BCUT2D eigenvalue weighted by molar-refractivity contribution is 5.92. The number of carbonyl (C=O) groups is 1.